The Balaban J connectivity index is 1.62. The molecule has 0 aromatic heterocycles. The number of likely N-dealkylation sites (tertiary alicyclic amines) is 1. The van der Waals surface area contributed by atoms with Gasteiger partial charge in [0.1, 0.15) is 0 Å². The Hall–Kier alpha value is -3.02. The molecule has 0 bridgehead atoms. The number of nitrogens with one attached hydrogen (secondary N) is 1. The molecule has 0 saturated carbocycles. The smallest absolute Gasteiger partial charge is 0.228 e. The van der Waals surface area contributed by atoms with Crippen LogP contribution in [-0.2, 0) is 22.6 Å². The van der Waals surface area contributed by atoms with Crippen molar-refractivity contribution in [3.8, 4) is 11.5 Å². The van der Waals surface area contributed by atoms with E-state index in [0.29, 0.717) is 24.5 Å². The third-order valence-electron chi connectivity index (χ3n) is 4.82. The van der Waals surface area contributed by atoms with E-state index in [1.165, 1.54) is 0 Å². The standard InChI is InChI=1S/C22H26N2O4/c1-27-19-10-9-16(13-20(19)28-2)14-21(25)23-18-7-5-6-17(12-18)15-24-11-4-3-8-22(24)26/h5-7,9-10,12-13H,3-4,8,11,14-15H2,1-2H3,(H,23,25). The van der Waals surface area contributed by atoms with Crippen LogP contribution in [0.5, 0.6) is 11.5 Å². The number of amides is 2. The van der Waals surface area contributed by atoms with Crippen molar-refractivity contribution in [3.63, 3.8) is 0 Å². The first kappa shape index (κ1) is 19.7. The van der Waals surface area contributed by atoms with Gasteiger partial charge in [0.05, 0.1) is 20.6 Å². The fraction of sp³-hybridized carbons (Fsp3) is 0.364. The monoisotopic (exact) mass is 382 g/mol. The summed E-state index contributed by atoms with van der Waals surface area (Å²) in [7, 11) is 3.15. The number of hydrogen-bond donors (Lipinski definition) is 1. The fourth-order valence-corrected chi connectivity index (χ4v) is 3.38. The summed E-state index contributed by atoms with van der Waals surface area (Å²) in [4.78, 5) is 26.3. The second kappa shape index (κ2) is 9.26. The van der Waals surface area contributed by atoms with Crippen LogP contribution in [0.15, 0.2) is 42.5 Å². The van der Waals surface area contributed by atoms with Gasteiger partial charge in [-0.15, -0.1) is 0 Å². The molecule has 1 aliphatic rings. The highest BCUT2D eigenvalue weighted by atomic mass is 16.5. The zero-order valence-corrected chi connectivity index (χ0v) is 16.4. The van der Waals surface area contributed by atoms with Crippen LogP contribution in [0.1, 0.15) is 30.4 Å². The number of anilines is 1. The van der Waals surface area contributed by atoms with Crippen LogP contribution >= 0.6 is 0 Å². The van der Waals surface area contributed by atoms with E-state index in [4.69, 9.17) is 9.47 Å². The van der Waals surface area contributed by atoms with Crippen LogP contribution in [0.3, 0.4) is 0 Å². The molecule has 3 rings (SSSR count). The summed E-state index contributed by atoms with van der Waals surface area (Å²) < 4.78 is 10.5. The lowest BCUT2D eigenvalue weighted by Gasteiger charge is -2.26. The molecule has 1 N–H and O–H groups in total. The molecule has 2 amide bonds. The number of benzene rings is 2. The van der Waals surface area contributed by atoms with Crippen molar-refractivity contribution in [1.82, 2.24) is 4.90 Å². The molecule has 6 heteroatoms. The second-order valence-electron chi connectivity index (χ2n) is 6.89. The average molecular weight is 382 g/mol. The normalized spacial score (nSPS) is 13.9. The van der Waals surface area contributed by atoms with Gasteiger partial charge in [0.25, 0.3) is 0 Å². The summed E-state index contributed by atoms with van der Waals surface area (Å²) in [6.45, 7) is 1.38. The van der Waals surface area contributed by atoms with E-state index >= 15 is 0 Å². The minimum atomic E-state index is -0.113. The third kappa shape index (κ3) is 5.03. The lowest BCUT2D eigenvalue weighted by Crippen LogP contribution is -2.34. The summed E-state index contributed by atoms with van der Waals surface area (Å²) in [5, 5.41) is 2.93. The van der Waals surface area contributed by atoms with Gasteiger partial charge < -0.3 is 19.7 Å². The molecule has 1 aliphatic heterocycles. The van der Waals surface area contributed by atoms with Crippen LogP contribution in [0.4, 0.5) is 5.69 Å². The number of methoxy groups -OCH3 is 2. The van der Waals surface area contributed by atoms with Gasteiger partial charge in [0.2, 0.25) is 11.8 Å². The molecule has 0 atom stereocenters. The van der Waals surface area contributed by atoms with E-state index in [9.17, 15) is 9.59 Å². The minimum Gasteiger partial charge on any atom is -0.493 e. The number of carbonyl (C=O) groups excluding carboxylic acids is 2. The van der Waals surface area contributed by atoms with Gasteiger partial charge in [0, 0.05) is 25.2 Å². The van der Waals surface area contributed by atoms with E-state index in [1.807, 2.05) is 35.2 Å². The van der Waals surface area contributed by atoms with Crippen molar-refractivity contribution in [1.29, 1.82) is 0 Å². The maximum Gasteiger partial charge on any atom is 0.228 e. The average Bonchev–Trinajstić information content (AvgIpc) is 2.70. The maximum atomic E-state index is 12.4. The number of nitrogens with zero attached hydrogens (tertiary/aromatic N) is 1. The quantitative estimate of drug-likeness (QED) is 0.797. The summed E-state index contributed by atoms with van der Waals surface area (Å²) in [5.74, 6) is 1.32. The second-order valence-corrected chi connectivity index (χ2v) is 6.89. The first-order valence-electron chi connectivity index (χ1n) is 9.46. The predicted molar refractivity (Wildman–Crippen MR) is 108 cm³/mol. The lowest BCUT2D eigenvalue weighted by atomic mass is 10.1. The molecule has 0 radical (unpaired) electrons. The van der Waals surface area contributed by atoms with Crippen molar-refractivity contribution < 1.29 is 19.1 Å². The van der Waals surface area contributed by atoms with Crippen LogP contribution in [0, 0.1) is 0 Å². The van der Waals surface area contributed by atoms with Crippen molar-refractivity contribution in [2.45, 2.75) is 32.2 Å². The first-order valence-corrected chi connectivity index (χ1v) is 9.46. The molecule has 0 unspecified atom stereocenters. The van der Waals surface area contributed by atoms with Crippen molar-refractivity contribution >= 4 is 17.5 Å². The Morgan fingerprint density at radius 1 is 1.04 bits per heavy atom. The summed E-state index contributed by atoms with van der Waals surface area (Å²) in [5.41, 5.74) is 2.58. The molecule has 148 valence electrons. The maximum absolute atomic E-state index is 12.4. The Kier molecular flexibility index (Phi) is 6.53. The molecule has 1 saturated heterocycles. The topological polar surface area (TPSA) is 67.9 Å². The van der Waals surface area contributed by atoms with Gasteiger partial charge in [-0.25, -0.2) is 0 Å². The van der Waals surface area contributed by atoms with Gasteiger partial charge in [0.15, 0.2) is 11.5 Å². The molecule has 2 aromatic carbocycles. The van der Waals surface area contributed by atoms with Crippen LogP contribution < -0.4 is 14.8 Å². The summed E-state index contributed by atoms with van der Waals surface area (Å²) >= 11 is 0. The van der Waals surface area contributed by atoms with Crippen molar-refractivity contribution in [2.75, 3.05) is 26.1 Å². The lowest BCUT2D eigenvalue weighted by molar-refractivity contribution is -0.133. The highest BCUT2D eigenvalue weighted by Crippen LogP contribution is 2.27. The van der Waals surface area contributed by atoms with Gasteiger partial charge in [-0.3, -0.25) is 9.59 Å². The molecular formula is C22H26N2O4. The Morgan fingerprint density at radius 3 is 2.61 bits per heavy atom. The number of carbonyl (C=O) groups is 2. The molecule has 0 aliphatic carbocycles. The van der Waals surface area contributed by atoms with Crippen LogP contribution in [0.25, 0.3) is 0 Å². The van der Waals surface area contributed by atoms with Crippen LogP contribution in [0.2, 0.25) is 0 Å². The zero-order valence-electron chi connectivity index (χ0n) is 16.4. The minimum absolute atomic E-state index is 0.113. The Morgan fingerprint density at radius 2 is 1.86 bits per heavy atom. The van der Waals surface area contributed by atoms with Crippen molar-refractivity contribution in [2.24, 2.45) is 0 Å². The molecule has 28 heavy (non-hydrogen) atoms. The van der Waals surface area contributed by atoms with E-state index < -0.39 is 0 Å². The van der Waals surface area contributed by atoms with Gasteiger partial charge >= 0.3 is 0 Å². The first-order chi connectivity index (χ1) is 13.6. The Bertz CT molecular complexity index is 850. The van der Waals surface area contributed by atoms with E-state index in [1.54, 1.807) is 26.4 Å². The van der Waals surface area contributed by atoms with E-state index in [0.717, 1.165) is 36.2 Å². The number of hydrogen-bond acceptors (Lipinski definition) is 4. The molecular weight excluding hydrogens is 356 g/mol. The predicted octanol–water partition coefficient (Wildman–Crippen LogP) is 3.40. The molecule has 0 spiro atoms. The summed E-state index contributed by atoms with van der Waals surface area (Å²) in [6, 6.07) is 13.1. The SMILES string of the molecule is COc1ccc(CC(=O)Nc2cccc(CN3CCCCC3=O)c2)cc1OC. The third-order valence-corrected chi connectivity index (χ3v) is 4.82. The number of ether oxygens (including phenoxy) is 2. The molecule has 1 fully saturated rings. The molecule has 2 aromatic rings. The van der Waals surface area contributed by atoms with Gasteiger partial charge in [-0.1, -0.05) is 18.2 Å². The van der Waals surface area contributed by atoms with Crippen LogP contribution in [-0.4, -0.2) is 37.5 Å². The van der Waals surface area contributed by atoms with Gasteiger partial charge in [-0.05, 0) is 48.2 Å². The van der Waals surface area contributed by atoms with Crippen molar-refractivity contribution in [3.05, 3.63) is 53.6 Å². The highest BCUT2D eigenvalue weighted by Gasteiger charge is 2.18. The highest BCUT2D eigenvalue weighted by molar-refractivity contribution is 5.92. The zero-order chi connectivity index (χ0) is 19.9. The van der Waals surface area contributed by atoms with E-state index in [-0.39, 0.29) is 18.2 Å². The molecule has 6 nitrogen and oxygen atoms in total. The van der Waals surface area contributed by atoms with E-state index in [2.05, 4.69) is 5.32 Å². The fourth-order valence-electron chi connectivity index (χ4n) is 3.38. The number of rotatable bonds is 7. The largest absolute Gasteiger partial charge is 0.493 e. The summed E-state index contributed by atoms with van der Waals surface area (Å²) in [6.07, 6.45) is 2.88. The molecule has 1 heterocycles. The number of piperidine rings is 1. The van der Waals surface area contributed by atoms with Gasteiger partial charge in [-0.2, -0.15) is 0 Å². The Labute approximate surface area is 165 Å².